The second-order valence-electron chi connectivity index (χ2n) is 4.44. The molecule has 0 aliphatic rings. The molecule has 20 heavy (non-hydrogen) atoms. The molecule has 0 fully saturated rings. The zero-order valence-corrected chi connectivity index (χ0v) is 11.8. The molecule has 7 heteroatoms. The van der Waals surface area contributed by atoms with Crippen LogP contribution in [0.3, 0.4) is 0 Å². The molecule has 0 saturated carbocycles. The monoisotopic (exact) mass is 294 g/mol. The third kappa shape index (κ3) is 2.73. The van der Waals surface area contributed by atoms with E-state index in [4.69, 9.17) is 0 Å². The van der Waals surface area contributed by atoms with Crippen molar-refractivity contribution in [2.45, 2.75) is 0 Å². The van der Waals surface area contributed by atoms with Crippen molar-refractivity contribution in [1.82, 2.24) is 4.31 Å². The third-order valence-electron chi connectivity index (χ3n) is 2.84. The van der Waals surface area contributed by atoms with Crippen LogP contribution >= 0.6 is 0 Å². The van der Waals surface area contributed by atoms with Gasteiger partial charge in [0.1, 0.15) is 0 Å². The lowest BCUT2D eigenvalue weighted by molar-refractivity contribution is 0.0698. The Morgan fingerprint density at radius 2 is 1.70 bits per heavy atom. The molecule has 2 N–H and O–H groups in total. The fraction of sp³-hybridized carbons (Fsp3) is 0.154. The van der Waals surface area contributed by atoms with Gasteiger partial charge in [-0.05, 0) is 22.9 Å². The van der Waals surface area contributed by atoms with Gasteiger partial charge in [0, 0.05) is 14.1 Å². The summed E-state index contributed by atoms with van der Waals surface area (Å²) in [4.78, 5) is 11.3. The number of benzene rings is 2. The maximum atomic E-state index is 11.8. The fourth-order valence-electron chi connectivity index (χ4n) is 1.73. The molecule has 0 aliphatic heterocycles. The molecule has 2 rings (SSSR count). The Bertz CT molecular complexity index is 769. The summed E-state index contributed by atoms with van der Waals surface area (Å²) in [5, 5.41) is 10.7. The molecule has 6 nitrogen and oxygen atoms in total. The molecule has 106 valence electrons. The van der Waals surface area contributed by atoms with Crippen molar-refractivity contribution in [3.05, 3.63) is 42.0 Å². The maximum Gasteiger partial charge on any atom is 0.337 e. The standard InChI is InChI=1S/C13H14N2O4S/c1-15(2)20(18,19)14-12-8-10-6-4-3-5-9(10)7-11(12)13(16)17/h3-8,14H,1-2H3,(H,16,17). The van der Waals surface area contributed by atoms with E-state index in [0.29, 0.717) is 0 Å². The molecule has 0 spiro atoms. The summed E-state index contributed by atoms with van der Waals surface area (Å²) in [6, 6.07) is 10.1. The van der Waals surface area contributed by atoms with Crippen LogP contribution in [0.1, 0.15) is 10.4 Å². The zero-order chi connectivity index (χ0) is 14.9. The molecule has 0 saturated heterocycles. The first-order chi connectivity index (χ1) is 9.31. The van der Waals surface area contributed by atoms with Crippen molar-refractivity contribution in [2.75, 3.05) is 18.8 Å². The number of anilines is 1. The molecule has 0 aromatic heterocycles. The van der Waals surface area contributed by atoms with Gasteiger partial charge in [-0.15, -0.1) is 0 Å². The van der Waals surface area contributed by atoms with Gasteiger partial charge in [0.25, 0.3) is 0 Å². The summed E-state index contributed by atoms with van der Waals surface area (Å²) in [5.74, 6) is -1.19. The number of fused-ring (bicyclic) bond motifs is 1. The zero-order valence-electron chi connectivity index (χ0n) is 11.0. The predicted octanol–water partition coefficient (Wildman–Crippen LogP) is 1.76. The van der Waals surface area contributed by atoms with Gasteiger partial charge in [-0.25, -0.2) is 4.79 Å². The highest BCUT2D eigenvalue weighted by Gasteiger charge is 2.18. The summed E-state index contributed by atoms with van der Waals surface area (Å²) < 4.78 is 26.9. The van der Waals surface area contributed by atoms with Gasteiger partial charge in [0.2, 0.25) is 0 Å². The van der Waals surface area contributed by atoms with Gasteiger partial charge in [0.15, 0.2) is 0 Å². The molecule has 0 aliphatic carbocycles. The fourth-order valence-corrected chi connectivity index (χ4v) is 2.36. The number of carboxylic acid groups (broad SMARTS) is 1. The van der Waals surface area contributed by atoms with Gasteiger partial charge in [-0.1, -0.05) is 24.3 Å². The van der Waals surface area contributed by atoms with E-state index in [-0.39, 0.29) is 11.3 Å². The smallest absolute Gasteiger partial charge is 0.337 e. The Labute approximate surface area is 116 Å². The molecule has 2 aromatic carbocycles. The van der Waals surface area contributed by atoms with Crippen LogP contribution in [0.2, 0.25) is 0 Å². The topological polar surface area (TPSA) is 86.7 Å². The van der Waals surface area contributed by atoms with Gasteiger partial charge >= 0.3 is 16.2 Å². The summed E-state index contributed by atoms with van der Waals surface area (Å²) in [5.41, 5.74) is -0.0426. The normalized spacial score (nSPS) is 11.8. The van der Waals surface area contributed by atoms with Crippen LogP contribution < -0.4 is 4.72 Å². The minimum atomic E-state index is -3.76. The molecule has 0 amide bonds. The Balaban J connectivity index is 2.61. The first kappa shape index (κ1) is 14.3. The van der Waals surface area contributed by atoms with Crippen molar-refractivity contribution in [3.63, 3.8) is 0 Å². The second kappa shape index (κ2) is 5.10. The third-order valence-corrected chi connectivity index (χ3v) is 4.28. The van der Waals surface area contributed by atoms with Gasteiger partial charge in [-0.2, -0.15) is 12.7 Å². The molecular formula is C13H14N2O4S. The Kier molecular flexibility index (Phi) is 3.65. The van der Waals surface area contributed by atoms with Crippen molar-refractivity contribution in [3.8, 4) is 0 Å². The van der Waals surface area contributed by atoms with Crippen LogP contribution in [0.4, 0.5) is 5.69 Å². The molecular weight excluding hydrogens is 280 g/mol. The van der Waals surface area contributed by atoms with E-state index in [9.17, 15) is 18.3 Å². The van der Waals surface area contributed by atoms with E-state index in [0.717, 1.165) is 15.1 Å². The number of hydrogen-bond acceptors (Lipinski definition) is 3. The minimum absolute atomic E-state index is 0.0462. The number of hydrogen-bond donors (Lipinski definition) is 2. The Morgan fingerprint density at radius 3 is 2.20 bits per heavy atom. The van der Waals surface area contributed by atoms with Crippen molar-refractivity contribution < 1.29 is 18.3 Å². The largest absolute Gasteiger partial charge is 0.478 e. The van der Waals surface area contributed by atoms with Gasteiger partial charge in [0.05, 0.1) is 11.3 Å². The van der Waals surface area contributed by atoms with Crippen molar-refractivity contribution >= 4 is 32.6 Å². The molecule has 0 radical (unpaired) electrons. The van der Waals surface area contributed by atoms with Crippen molar-refractivity contribution in [2.24, 2.45) is 0 Å². The maximum absolute atomic E-state index is 11.8. The number of aromatic carboxylic acids is 1. The average Bonchev–Trinajstić information content (AvgIpc) is 2.37. The van der Waals surface area contributed by atoms with E-state index >= 15 is 0 Å². The molecule has 0 unspecified atom stereocenters. The average molecular weight is 294 g/mol. The summed E-state index contributed by atoms with van der Waals surface area (Å²) in [6.45, 7) is 0. The molecule has 2 aromatic rings. The number of rotatable bonds is 4. The van der Waals surface area contributed by atoms with E-state index < -0.39 is 16.2 Å². The highest BCUT2D eigenvalue weighted by molar-refractivity contribution is 7.90. The summed E-state index contributed by atoms with van der Waals surface area (Å²) in [6.07, 6.45) is 0. The number of nitrogens with one attached hydrogen (secondary N) is 1. The van der Waals surface area contributed by atoms with E-state index in [1.54, 1.807) is 24.3 Å². The van der Waals surface area contributed by atoms with Crippen LogP contribution in [-0.2, 0) is 10.2 Å². The lowest BCUT2D eigenvalue weighted by Crippen LogP contribution is -2.29. The number of carboxylic acids is 1. The SMILES string of the molecule is CN(C)S(=O)(=O)Nc1cc2ccccc2cc1C(=O)O. The summed E-state index contributed by atoms with van der Waals surface area (Å²) in [7, 11) is -1.03. The van der Waals surface area contributed by atoms with Crippen LogP contribution in [0, 0.1) is 0 Å². The van der Waals surface area contributed by atoms with Crippen LogP contribution in [-0.4, -0.2) is 37.9 Å². The van der Waals surface area contributed by atoms with E-state index in [1.165, 1.54) is 26.2 Å². The highest BCUT2D eigenvalue weighted by Crippen LogP contribution is 2.25. The second-order valence-corrected chi connectivity index (χ2v) is 6.32. The lowest BCUT2D eigenvalue weighted by atomic mass is 10.1. The van der Waals surface area contributed by atoms with Crippen LogP contribution in [0.15, 0.2) is 36.4 Å². The van der Waals surface area contributed by atoms with E-state index in [2.05, 4.69) is 4.72 Å². The first-order valence-electron chi connectivity index (χ1n) is 5.77. The Morgan fingerprint density at radius 1 is 1.15 bits per heavy atom. The minimum Gasteiger partial charge on any atom is -0.478 e. The Hall–Kier alpha value is -2.12. The van der Waals surface area contributed by atoms with Gasteiger partial charge in [-0.3, -0.25) is 4.72 Å². The summed E-state index contributed by atoms with van der Waals surface area (Å²) >= 11 is 0. The molecule has 0 bridgehead atoms. The quantitative estimate of drug-likeness (QED) is 0.899. The number of carbonyl (C=O) groups is 1. The predicted molar refractivity (Wildman–Crippen MR) is 77.1 cm³/mol. The number of nitrogens with zero attached hydrogens (tertiary/aromatic N) is 1. The molecule has 0 atom stereocenters. The first-order valence-corrected chi connectivity index (χ1v) is 7.21. The lowest BCUT2D eigenvalue weighted by Gasteiger charge is -2.15. The van der Waals surface area contributed by atoms with Crippen molar-refractivity contribution in [1.29, 1.82) is 0 Å². The van der Waals surface area contributed by atoms with Crippen LogP contribution in [0.25, 0.3) is 10.8 Å². The van der Waals surface area contributed by atoms with Gasteiger partial charge < -0.3 is 5.11 Å². The van der Waals surface area contributed by atoms with Crippen LogP contribution in [0.5, 0.6) is 0 Å². The highest BCUT2D eigenvalue weighted by atomic mass is 32.2. The molecule has 0 heterocycles. The van der Waals surface area contributed by atoms with E-state index in [1.807, 2.05) is 0 Å².